The summed E-state index contributed by atoms with van der Waals surface area (Å²) in [6.45, 7) is 0. The summed E-state index contributed by atoms with van der Waals surface area (Å²) in [4.78, 5) is 0. The molecule has 0 aliphatic heterocycles. The lowest BCUT2D eigenvalue weighted by Gasteiger charge is -2.54. The number of benzene rings is 1. The average Bonchev–Trinajstić information content (AvgIpc) is 2.42. The van der Waals surface area contributed by atoms with Crippen molar-refractivity contribution < 1.29 is 0 Å². The number of anilines is 1. The maximum Gasteiger partial charge on any atom is 0.0355 e. The van der Waals surface area contributed by atoms with Gasteiger partial charge in [0.1, 0.15) is 0 Å². The minimum atomic E-state index is 0.695. The van der Waals surface area contributed by atoms with E-state index in [1.165, 1.54) is 37.8 Å². The molecule has 1 aromatic carbocycles. The van der Waals surface area contributed by atoms with Gasteiger partial charge >= 0.3 is 0 Å². The molecule has 4 aliphatic rings. The third kappa shape index (κ3) is 1.94. The van der Waals surface area contributed by atoms with Crippen molar-refractivity contribution >= 4 is 5.69 Å². The first-order chi connectivity index (χ1) is 9.31. The Morgan fingerprint density at radius 2 is 1.68 bits per heavy atom. The highest BCUT2D eigenvalue weighted by atomic mass is 14.9. The molecule has 1 N–H and O–H groups in total. The first kappa shape index (κ1) is 11.4. The van der Waals surface area contributed by atoms with Crippen LogP contribution in [0.2, 0.25) is 0 Å². The van der Waals surface area contributed by atoms with Crippen LogP contribution in [0.5, 0.6) is 0 Å². The third-order valence-electron chi connectivity index (χ3n) is 5.59. The lowest BCUT2D eigenvalue weighted by Crippen LogP contribution is -2.51. The quantitative estimate of drug-likeness (QED) is 0.786. The molecule has 0 spiro atoms. The Balaban J connectivity index is 1.55. The molecule has 0 saturated heterocycles. The average molecular weight is 251 g/mol. The van der Waals surface area contributed by atoms with Gasteiger partial charge in [-0.1, -0.05) is 12.0 Å². The number of nitrogens with one attached hydrogen (secondary N) is 1. The van der Waals surface area contributed by atoms with Gasteiger partial charge in [0.15, 0.2) is 0 Å². The van der Waals surface area contributed by atoms with Crippen LogP contribution >= 0.6 is 0 Å². The second kappa shape index (κ2) is 4.30. The summed E-state index contributed by atoms with van der Waals surface area (Å²) in [5.74, 6) is 6.62. The smallest absolute Gasteiger partial charge is 0.0355 e. The molecule has 4 saturated carbocycles. The molecular formula is C18H21N. The Kier molecular flexibility index (Phi) is 2.58. The van der Waals surface area contributed by atoms with Gasteiger partial charge in [-0.15, -0.1) is 6.42 Å². The van der Waals surface area contributed by atoms with E-state index < -0.39 is 0 Å². The number of hydrogen-bond donors (Lipinski definition) is 1. The van der Waals surface area contributed by atoms with Crippen molar-refractivity contribution in [2.45, 2.75) is 38.1 Å². The fraction of sp³-hybridized carbons (Fsp3) is 0.556. The third-order valence-corrected chi connectivity index (χ3v) is 5.59. The summed E-state index contributed by atoms with van der Waals surface area (Å²) in [7, 11) is 0. The monoisotopic (exact) mass is 251 g/mol. The van der Waals surface area contributed by atoms with Crippen LogP contribution in [0, 0.1) is 36.0 Å². The maximum absolute atomic E-state index is 5.49. The van der Waals surface area contributed by atoms with Gasteiger partial charge in [-0.25, -0.2) is 0 Å². The second-order valence-electron chi connectivity index (χ2n) is 6.83. The van der Waals surface area contributed by atoms with Crippen LogP contribution in [-0.2, 0) is 0 Å². The minimum Gasteiger partial charge on any atom is -0.382 e. The highest BCUT2D eigenvalue weighted by Crippen LogP contribution is 2.54. The molecule has 98 valence electrons. The van der Waals surface area contributed by atoms with Gasteiger partial charge in [0.05, 0.1) is 0 Å². The number of hydrogen-bond acceptors (Lipinski definition) is 1. The molecule has 1 aromatic rings. The van der Waals surface area contributed by atoms with Crippen LogP contribution in [0.3, 0.4) is 0 Å². The number of rotatable bonds is 2. The van der Waals surface area contributed by atoms with E-state index in [0.29, 0.717) is 6.04 Å². The van der Waals surface area contributed by atoms with Crippen LogP contribution in [0.15, 0.2) is 24.3 Å². The molecule has 0 amide bonds. The molecule has 0 atom stereocenters. The molecular weight excluding hydrogens is 230 g/mol. The zero-order chi connectivity index (χ0) is 12.8. The van der Waals surface area contributed by atoms with E-state index in [1.807, 2.05) is 6.07 Å². The summed E-state index contributed by atoms with van der Waals surface area (Å²) in [5, 5.41) is 3.80. The Morgan fingerprint density at radius 3 is 2.32 bits per heavy atom. The molecule has 1 heteroatoms. The second-order valence-corrected chi connectivity index (χ2v) is 6.83. The lowest BCUT2D eigenvalue weighted by atomic mass is 9.54. The first-order valence-electron chi connectivity index (χ1n) is 7.65. The zero-order valence-electron chi connectivity index (χ0n) is 11.3. The van der Waals surface area contributed by atoms with E-state index in [-0.39, 0.29) is 0 Å². The predicted molar refractivity (Wildman–Crippen MR) is 78.8 cm³/mol. The van der Waals surface area contributed by atoms with Crippen LogP contribution in [-0.4, -0.2) is 6.04 Å². The normalized spacial score (nSPS) is 39.0. The van der Waals surface area contributed by atoms with Crippen LogP contribution < -0.4 is 5.32 Å². The largest absolute Gasteiger partial charge is 0.382 e. The molecule has 19 heavy (non-hydrogen) atoms. The molecule has 0 radical (unpaired) electrons. The van der Waals surface area contributed by atoms with Crippen molar-refractivity contribution in [1.82, 2.24) is 0 Å². The topological polar surface area (TPSA) is 12.0 Å². The van der Waals surface area contributed by atoms with Gasteiger partial charge in [0.25, 0.3) is 0 Å². The molecule has 4 fully saturated rings. The summed E-state index contributed by atoms with van der Waals surface area (Å²) >= 11 is 0. The van der Waals surface area contributed by atoms with E-state index in [0.717, 1.165) is 29.2 Å². The van der Waals surface area contributed by atoms with Crippen LogP contribution in [0.1, 0.15) is 37.7 Å². The molecule has 1 nitrogen and oxygen atoms in total. The Labute approximate surface area is 115 Å². The predicted octanol–water partition coefficient (Wildman–Crippen LogP) is 3.90. The van der Waals surface area contributed by atoms with Crippen molar-refractivity contribution in [3.05, 3.63) is 29.8 Å². The molecule has 0 aromatic heterocycles. The van der Waals surface area contributed by atoms with E-state index in [9.17, 15) is 0 Å². The summed E-state index contributed by atoms with van der Waals surface area (Å²) in [6.07, 6.45) is 12.8. The van der Waals surface area contributed by atoms with Gasteiger partial charge in [-0.3, -0.25) is 0 Å². The summed E-state index contributed by atoms with van der Waals surface area (Å²) < 4.78 is 0. The molecule has 0 heterocycles. The minimum absolute atomic E-state index is 0.695. The summed E-state index contributed by atoms with van der Waals surface area (Å²) in [6, 6.07) is 9.04. The van der Waals surface area contributed by atoms with E-state index in [2.05, 4.69) is 29.4 Å². The Morgan fingerprint density at radius 1 is 1.00 bits per heavy atom. The van der Waals surface area contributed by atoms with E-state index in [1.54, 1.807) is 0 Å². The van der Waals surface area contributed by atoms with Crippen molar-refractivity contribution in [2.75, 3.05) is 5.32 Å². The van der Waals surface area contributed by atoms with E-state index >= 15 is 0 Å². The Hall–Kier alpha value is -1.42. The highest BCUT2D eigenvalue weighted by Gasteiger charge is 2.48. The van der Waals surface area contributed by atoms with E-state index in [4.69, 9.17) is 6.42 Å². The van der Waals surface area contributed by atoms with Gasteiger partial charge < -0.3 is 5.32 Å². The Bertz CT molecular complexity index is 497. The van der Waals surface area contributed by atoms with Gasteiger partial charge in [-0.05, 0) is 74.0 Å². The van der Waals surface area contributed by atoms with Crippen LogP contribution in [0.4, 0.5) is 5.69 Å². The van der Waals surface area contributed by atoms with Gasteiger partial charge in [0.2, 0.25) is 0 Å². The molecule has 4 aliphatic carbocycles. The fourth-order valence-electron chi connectivity index (χ4n) is 5.05. The first-order valence-corrected chi connectivity index (χ1v) is 7.65. The standard InChI is InChI=1S/C18H21N/c1-2-12-4-3-5-17(11-12)19-18-15-7-13-6-14(9-15)10-16(18)8-13/h1,3-5,11,13-16,18-19H,6-10H2. The van der Waals surface area contributed by atoms with Crippen molar-refractivity contribution in [3.8, 4) is 12.3 Å². The van der Waals surface area contributed by atoms with Gasteiger partial charge in [0, 0.05) is 17.3 Å². The maximum atomic E-state index is 5.49. The van der Waals surface area contributed by atoms with Crippen LogP contribution in [0.25, 0.3) is 0 Å². The SMILES string of the molecule is C#Cc1cccc(NC2C3CC4CC(C3)CC2C4)c1. The highest BCUT2D eigenvalue weighted by molar-refractivity contribution is 5.51. The van der Waals surface area contributed by atoms with Crippen molar-refractivity contribution in [1.29, 1.82) is 0 Å². The van der Waals surface area contributed by atoms with Gasteiger partial charge in [-0.2, -0.15) is 0 Å². The number of terminal acetylenes is 1. The molecule has 5 rings (SSSR count). The van der Waals surface area contributed by atoms with Crippen molar-refractivity contribution in [3.63, 3.8) is 0 Å². The summed E-state index contributed by atoms with van der Waals surface area (Å²) in [5.41, 5.74) is 2.20. The lowest BCUT2D eigenvalue weighted by molar-refractivity contribution is 0.00754. The van der Waals surface area contributed by atoms with Crippen molar-refractivity contribution in [2.24, 2.45) is 23.7 Å². The molecule has 0 unspecified atom stereocenters. The zero-order valence-corrected chi connectivity index (χ0v) is 11.3. The molecule has 4 bridgehead atoms. The fourth-order valence-corrected chi connectivity index (χ4v) is 5.05.